The van der Waals surface area contributed by atoms with Crippen molar-refractivity contribution in [3.8, 4) is 16.3 Å². The number of aromatic nitrogens is 2. The number of hydrogen-bond acceptors (Lipinski definition) is 9. The van der Waals surface area contributed by atoms with Gasteiger partial charge in [-0.2, -0.15) is 4.31 Å². The first-order valence-electron chi connectivity index (χ1n) is 18.3. The summed E-state index contributed by atoms with van der Waals surface area (Å²) in [6, 6.07) is 17.5. The molecule has 0 unspecified atom stereocenters. The van der Waals surface area contributed by atoms with Crippen LogP contribution in [0.4, 0.5) is 4.79 Å². The van der Waals surface area contributed by atoms with E-state index in [0.717, 1.165) is 21.8 Å². The number of aliphatic hydroxyl groups is 1. The molecule has 14 heteroatoms. The van der Waals surface area contributed by atoms with Gasteiger partial charge >= 0.3 is 6.03 Å². The van der Waals surface area contributed by atoms with E-state index in [0.29, 0.717) is 31.8 Å². The maximum Gasteiger partial charge on any atom is 0.321 e. The summed E-state index contributed by atoms with van der Waals surface area (Å²) in [7, 11) is -2.54. The molecule has 0 bridgehead atoms. The number of carbonyl (C=O) groups excluding carboxylic acids is 2. The lowest BCUT2D eigenvalue weighted by atomic mass is 9.94. The third-order valence-corrected chi connectivity index (χ3v) is 12.3. The smallest absolute Gasteiger partial charge is 0.321 e. The van der Waals surface area contributed by atoms with Gasteiger partial charge in [-0.1, -0.05) is 71.4 Å². The summed E-state index contributed by atoms with van der Waals surface area (Å²) in [6.45, 7) is 10.7. The van der Waals surface area contributed by atoms with Gasteiger partial charge < -0.3 is 25.0 Å². The van der Waals surface area contributed by atoms with Gasteiger partial charge in [-0.3, -0.25) is 9.78 Å². The highest BCUT2D eigenvalue weighted by Crippen LogP contribution is 2.28. The highest BCUT2D eigenvalue weighted by Gasteiger charge is 2.41. The van der Waals surface area contributed by atoms with Crippen molar-refractivity contribution in [2.75, 3.05) is 33.3 Å². The Balaban J connectivity index is 1.37. The lowest BCUT2D eigenvalue weighted by Crippen LogP contribution is -2.57. The molecular formula is C40H52N6O6S2. The van der Waals surface area contributed by atoms with Gasteiger partial charge in [-0.15, -0.1) is 11.3 Å². The molecule has 0 spiro atoms. The molecule has 12 nitrogen and oxygen atoms in total. The summed E-state index contributed by atoms with van der Waals surface area (Å²) in [4.78, 5) is 40.6. The fourth-order valence-electron chi connectivity index (χ4n) is 6.56. The van der Waals surface area contributed by atoms with Crippen molar-refractivity contribution in [3.05, 3.63) is 95.8 Å². The number of sulfonamides is 1. The lowest BCUT2D eigenvalue weighted by molar-refractivity contribution is -0.128. The van der Waals surface area contributed by atoms with Crippen LogP contribution in [0.3, 0.4) is 0 Å². The molecule has 2 aromatic carbocycles. The number of thiazole rings is 1. The molecule has 1 fully saturated rings. The number of carbonyl (C=O) groups is 2. The van der Waals surface area contributed by atoms with Crippen LogP contribution in [0.1, 0.15) is 52.3 Å². The van der Waals surface area contributed by atoms with Gasteiger partial charge in [0, 0.05) is 49.5 Å². The predicted molar refractivity (Wildman–Crippen MR) is 210 cm³/mol. The number of methoxy groups -OCH3 is 1. The average molecular weight is 777 g/mol. The predicted octanol–water partition coefficient (Wildman–Crippen LogP) is 5.69. The van der Waals surface area contributed by atoms with Gasteiger partial charge in [0.1, 0.15) is 16.8 Å². The molecule has 290 valence electrons. The fraction of sp³-hybridized carbons (Fsp3) is 0.450. The molecule has 0 radical (unpaired) electrons. The van der Waals surface area contributed by atoms with Crippen molar-refractivity contribution < 1.29 is 27.9 Å². The van der Waals surface area contributed by atoms with Crippen LogP contribution in [0.2, 0.25) is 0 Å². The Hall–Kier alpha value is -4.37. The van der Waals surface area contributed by atoms with Crippen molar-refractivity contribution in [2.45, 2.75) is 77.1 Å². The third-order valence-electron chi connectivity index (χ3n) is 9.56. The molecule has 54 heavy (non-hydrogen) atoms. The number of amides is 3. The molecule has 3 amide bonds. The molecular weight excluding hydrogens is 725 g/mol. The highest BCUT2D eigenvalue weighted by atomic mass is 32.2. The van der Waals surface area contributed by atoms with Crippen LogP contribution in [0.15, 0.2) is 89.4 Å². The normalized spacial score (nSPS) is 16.0. The summed E-state index contributed by atoms with van der Waals surface area (Å²) in [5, 5.41) is 17.8. The van der Waals surface area contributed by atoms with E-state index in [1.807, 2.05) is 82.5 Å². The van der Waals surface area contributed by atoms with E-state index in [-0.39, 0.29) is 36.4 Å². The second-order valence-electron chi connectivity index (χ2n) is 15.0. The number of nitrogens with one attached hydrogen (secondary N) is 1. The van der Waals surface area contributed by atoms with Gasteiger partial charge in [-0.05, 0) is 59.7 Å². The number of urea groups is 1. The Morgan fingerprint density at radius 1 is 1.07 bits per heavy atom. The molecule has 0 aliphatic carbocycles. The van der Waals surface area contributed by atoms with Gasteiger partial charge in [0.25, 0.3) is 0 Å². The zero-order chi connectivity index (χ0) is 39.0. The number of pyridine rings is 1. The maximum absolute atomic E-state index is 14.4. The summed E-state index contributed by atoms with van der Waals surface area (Å²) in [5.74, 6) is -0.0734. The molecule has 1 aliphatic heterocycles. The Morgan fingerprint density at radius 2 is 1.80 bits per heavy atom. The largest absolute Gasteiger partial charge is 0.497 e. The fourth-order valence-corrected chi connectivity index (χ4v) is 9.05. The van der Waals surface area contributed by atoms with Crippen molar-refractivity contribution in [1.29, 1.82) is 0 Å². The van der Waals surface area contributed by atoms with Gasteiger partial charge in [0.05, 0.1) is 36.4 Å². The van der Waals surface area contributed by atoms with E-state index < -0.39 is 39.5 Å². The first-order chi connectivity index (χ1) is 25.7. The molecule has 4 atom stereocenters. The number of nitrogens with zero attached hydrogens (tertiary/aromatic N) is 5. The SMILES string of the molecule is CC[C@H](C)[C@@H](C(=O)N[C@@H](Cc1ccccc1)[C@@H](O)CN(CC(C)(C)C)S(=O)(=O)c1ccc(OC)cc1)N1CCN(Cc2csc(-c3cccnc3)n2)C1=O. The number of aliphatic hydroxyl groups excluding tert-OH is 1. The zero-order valence-corrected chi connectivity index (χ0v) is 33.5. The molecule has 0 saturated carbocycles. The summed E-state index contributed by atoms with van der Waals surface area (Å²) < 4.78 is 34.6. The molecule has 3 heterocycles. The van der Waals surface area contributed by atoms with E-state index >= 15 is 0 Å². The first kappa shape index (κ1) is 40.8. The Morgan fingerprint density at radius 3 is 2.43 bits per heavy atom. The van der Waals surface area contributed by atoms with E-state index in [2.05, 4.69) is 10.3 Å². The van der Waals surface area contributed by atoms with Crippen LogP contribution >= 0.6 is 11.3 Å². The van der Waals surface area contributed by atoms with Crippen molar-refractivity contribution in [2.24, 2.45) is 11.3 Å². The van der Waals surface area contributed by atoms with Crippen LogP contribution in [0.5, 0.6) is 5.75 Å². The van der Waals surface area contributed by atoms with Crippen LogP contribution in [0.25, 0.3) is 10.6 Å². The second kappa shape index (κ2) is 17.8. The van der Waals surface area contributed by atoms with E-state index in [1.165, 1.54) is 34.9 Å². The quantitative estimate of drug-likeness (QED) is 0.139. The van der Waals surface area contributed by atoms with Crippen molar-refractivity contribution in [1.82, 2.24) is 29.4 Å². The summed E-state index contributed by atoms with van der Waals surface area (Å²) in [6.07, 6.45) is 3.06. The van der Waals surface area contributed by atoms with E-state index in [9.17, 15) is 23.1 Å². The van der Waals surface area contributed by atoms with Crippen LogP contribution < -0.4 is 10.1 Å². The van der Waals surface area contributed by atoms with Gasteiger partial charge in [-0.25, -0.2) is 18.2 Å². The average Bonchev–Trinajstić information content (AvgIpc) is 3.77. The van der Waals surface area contributed by atoms with E-state index in [4.69, 9.17) is 9.72 Å². The minimum Gasteiger partial charge on any atom is -0.497 e. The van der Waals surface area contributed by atoms with Crippen LogP contribution in [0, 0.1) is 11.3 Å². The van der Waals surface area contributed by atoms with Crippen molar-refractivity contribution >= 4 is 33.3 Å². The Kier molecular flexibility index (Phi) is 13.5. The zero-order valence-electron chi connectivity index (χ0n) is 31.9. The monoisotopic (exact) mass is 776 g/mol. The number of ether oxygens (including phenoxy) is 1. The summed E-state index contributed by atoms with van der Waals surface area (Å²) >= 11 is 1.49. The minimum atomic E-state index is -4.05. The second-order valence-corrected chi connectivity index (χ2v) is 17.8. The number of benzene rings is 2. The van der Waals surface area contributed by atoms with Gasteiger partial charge in [0.15, 0.2) is 0 Å². The van der Waals surface area contributed by atoms with Gasteiger partial charge in [0.2, 0.25) is 15.9 Å². The number of rotatable bonds is 17. The topological polar surface area (TPSA) is 145 Å². The molecule has 1 saturated heterocycles. The van der Waals surface area contributed by atoms with E-state index in [1.54, 1.807) is 34.3 Å². The molecule has 2 aromatic heterocycles. The summed E-state index contributed by atoms with van der Waals surface area (Å²) in [5.41, 5.74) is 2.08. The van der Waals surface area contributed by atoms with Crippen LogP contribution in [-0.2, 0) is 27.8 Å². The highest BCUT2D eigenvalue weighted by molar-refractivity contribution is 7.89. The molecule has 1 aliphatic rings. The Labute approximate surface area is 323 Å². The lowest BCUT2D eigenvalue weighted by Gasteiger charge is -2.35. The van der Waals surface area contributed by atoms with Crippen LogP contribution in [-0.4, -0.2) is 101 Å². The Bertz CT molecular complexity index is 1940. The molecule has 2 N–H and O–H groups in total. The maximum atomic E-state index is 14.4. The molecule has 4 aromatic rings. The van der Waals surface area contributed by atoms with Crippen molar-refractivity contribution in [3.63, 3.8) is 0 Å². The minimum absolute atomic E-state index is 0.0725. The molecule has 5 rings (SSSR count). The standard InChI is InChI=1S/C40H52N6O6S2/c1-7-28(2)36(46-21-20-44(39(46)49)24-31-26-53-38(42-31)30-14-11-19-41-23-30)37(48)43-34(22-29-12-9-8-10-13-29)35(47)25-45(27-40(3,4)5)54(50,51)33-17-15-32(52-6)16-18-33/h8-19,23,26,28,34-36,47H,7,20-22,24-25,27H2,1-6H3,(H,43,48)/t28-,34-,35-,36-/m0/s1. The number of hydrogen-bond donors (Lipinski definition) is 2. The third kappa shape index (κ3) is 10.2. The first-order valence-corrected chi connectivity index (χ1v) is 20.6.